The van der Waals surface area contributed by atoms with E-state index in [4.69, 9.17) is 0 Å². The fourth-order valence-electron chi connectivity index (χ4n) is 1.78. The smallest absolute Gasteiger partial charge is 0.224 e. The molecular formula is C15H23BrN2O. The molecule has 1 N–H and O–H groups in total. The molecule has 0 aliphatic carbocycles. The molecule has 0 aliphatic heterocycles. The van der Waals surface area contributed by atoms with Crippen molar-refractivity contribution in [2.75, 3.05) is 25.5 Å². The lowest BCUT2D eigenvalue weighted by Gasteiger charge is -2.17. The van der Waals surface area contributed by atoms with Gasteiger partial charge in [-0.15, -0.1) is 0 Å². The minimum Gasteiger partial charge on any atom is -0.385 e. The fraction of sp³-hybridized carbons (Fsp3) is 0.533. The molecule has 0 aromatic heterocycles. The van der Waals surface area contributed by atoms with Gasteiger partial charge in [0, 0.05) is 36.7 Å². The van der Waals surface area contributed by atoms with Crippen molar-refractivity contribution in [3.05, 3.63) is 28.2 Å². The van der Waals surface area contributed by atoms with Gasteiger partial charge in [0.15, 0.2) is 0 Å². The number of benzene rings is 1. The number of hydrogen-bond acceptors (Lipinski definition) is 2. The van der Waals surface area contributed by atoms with Crippen LogP contribution in [0.1, 0.15) is 31.7 Å². The van der Waals surface area contributed by atoms with Crippen molar-refractivity contribution in [3.63, 3.8) is 0 Å². The number of nitrogens with one attached hydrogen (secondary N) is 1. The minimum atomic E-state index is 0.204. The number of nitrogens with zero attached hydrogens (tertiary/aromatic N) is 1. The van der Waals surface area contributed by atoms with Gasteiger partial charge in [0.2, 0.25) is 5.91 Å². The van der Waals surface area contributed by atoms with Crippen LogP contribution in [0.4, 0.5) is 5.69 Å². The second-order valence-electron chi connectivity index (χ2n) is 4.81. The van der Waals surface area contributed by atoms with Gasteiger partial charge in [0.05, 0.1) is 0 Å². The molecular weight excluding hydrogens is 304 g/mol. The maximum absolute atomic E-state index is 11.8. The number of amides is 1. The van der Waals surface area contributed by atoms with E-state index in [2.05, 4.69) is 41.2 Å². The number of anilines is 1. The third-order valence-electron chi connectivity index (χ3n) is 3.10. The first kappa shape index (κ1) is 16.0. The van der Waals surface area contributed by atoms with E-state index in [9.17, 15) is 4.79 Å². The molecule has 0 saturated heterocycles. The van der Waals surface area contributed by atoms with Crippen molar-refractivity contribution >= 4 is 27.5 Å². The average molecular weight is 327 g/mol. The lowest BCUT2D eigenvalue weighted by Crippen LogP contribution is -2.29. The van der Waals surface area contributed by atoms with Crippen LogP contribution >= 0.6 is 15.9 Å². The number of hydrogen-bond donors (Lipinski definition) is 1. The summed E-state index contributed by atoms with van der Waals surface area (Å²) in [5.74, 6) is 0.204. The molecule has 0 aliphatic rings. The Morgan fingerprint density at radius 3 is 2.79 bits per heavy atom. The monoisotopic (exact) mass is 326 g/mol. The highest BCUT2D eigenvalue weighted by atomic mass is 79.9. The molecule has 0 saturated carbocycles. The predicted molar refractivity (Wildman–Crippen MR) is 84.5 cm³/mol. The first-order chi connectivity index (χ1) is 9.04. The summed E-state index contributed by atoms with van der Waals surface area (Å²) in [5, 5.41) is 3.29. The number of carbonyl (C=O) groups excluding carboxylic acids is 1. The Hall–Kier alpha value is -1.03. The van der Waals surface area contributed by atoms with Crippen LogP contribution in [0.3, 0.4) is 0 Å². The number of halogens is 1. The molecule has 0 atom stereocenters. The van der Waals surface area contributed by atoms with Gasteiger partial charge in [-0.1, -0.05) is 29.3 Å². The summed E-state index contributed by atoms with van der Waals surface area (Å²) < 4.78 is 1.11. The summed E-state index contributed by atoms with van der Waals surface area (Å²) in [4.78, 5) is 13.7. The predicted octanol–water partition coefficient (Wildman–Crippen LogP) is 3.82. The Bertz CT molecular complexity index is 421. The lowest BCUT2D eigenvalue weighted by atomic mass is 10.2. The van der Waals surface area contributed by atoms with Crippen molar-refractivity contribution in [3.8, 4) is 0 Å². The van der Waals surface area contributed by atoms with E-state index in [1.165, 1.54) is 5.56 Å². The van der Waals surface area contributed by atoms with Crippen LogP contribution in [0.5, 0.6) is 0 Å². The summed E-state index contributed by atoms with van der Waals surface area (Å²) in [5.41, 5.74) is 2.25. The highest BCUT2D eigenvalue weighted by molar-refractivity contribution is 9.10. The molecule has 1 aromatic rings. The van der Waals surface area contributed by atoms with Crippen LogP contribution in [0.25, 0.3) is 0 Å². The maximum Gasteiger partial charge on any atom is 0.224 e. The molecule has 0 unspecified atom stereocenters. The first-order valence-electron chi connectivity index (χ1n) is 6.78. The topological polar surface area (TPSA) is 32.3 Å². The van der Waals surface area contributed by atoms with Gasteiger partial charge in [-0.3, -0.25) is 4.79 Å². The van der Waals surface area contributed by atoms with Crippen LogP contribution in [-0.4, -0.2) is 30.9 Å². The third kappa shape index (κ3) is 5.64. The van der Waals surface area contributed by atoms with Gasteiger partial charge in [-0.2, -0.15) is 0 Å². The molecule has 0 fully saturated rings. The van der Waals surface area contributed by atoms with Crippen LogP contribution < -0.4 is 5.32 Å². The Morgan fingerprint density at radius 2 is 2.16 bits per heavy atom. The first-order valence-corrected chi connectivity index (χ1v) is 7.58. The number of unbranched alkanes of at least 4 members (excludes halogenated alkanes) is 1. The number of rotatable bonds is 7. The van der Waals surface area contributed by atoms with Crippen molar-refractivity contribution in [1.29, 1.82) is 0 Å². The Labute approximate surface area is 124 Å². The molecule has 1 aromatic carbocycles. The molecule has 4 heteroatoms. The molecule has 19 heavy (non-hydrogen) atoms. The van der Waals surface area contributed by atoms with E-state index >= 15 is 0 Å². The van der Waals surface area contributed by atoms with Crippen LogP contribution in [-0.2, 0) is 4.79 Å². The normalized spacial score (nSPS) is 10.3. The van der Waals surface area contributed by atoms with E-state index in [0.717, 1.165) is 29.5 Å². The quantitative estimate of drug-likeness (QED) is 0.826. The van der Waals surface area contributed by atoms with Crippen LogP contribution in [0, 0.1) is 6.92 Å². The third-order valence-corrected chi connectivity index (χ3v) is 3.99. The minimum absolute atomic E-state index is 0.204. The van der Waals surface area contributed by atoms with Gasteiger partial charge in [0.25, 0.3) is 0 Å². The Morgan fingerprint density at radius 1 is 1.42 bits per heavy atom. The molecule has 106 valence electrons. The van der Waals surface area contributed by atoms with Crippen molar-refractivity contribution in [1.82, 2.24) is 4.90 Å². The molecule has 1 rings (SSSR count). The fourth-order valence-corrected chi connectivity index (χ4v) is 2.03. The zero-order valence-corrected chi connectivity index (χ0v) is 13.6. The molecule has 0 bridgehead atoms. The maximum atomic E-state index is 11.8. The lowest BCUT2D eigenvalue weighted by molar-refractivity contribution is -0.129. The van der Waals surface area contributed by atoms with Crippen molar-refractivity contribution < 1.29 is 4.79 Å². The second-order valence-corrected chi connectivity index (χ2v) is 5.66. The summed E-state index contributed by atoms with van der Waals surface area (Å²) in [6, 6.07) is 6.12. The van der Waals surface area contributed by atoms with Gasteiger partial charge in [-0.25, -0.2) is 0 Å². The summed E-state index contributed by atoms with van der Waals surface area (Å²) >= 11 is 3.48. The average Bonchev–Trinajstić information content (AvgIpc) is 2.39. The van der Waals surface area contributed by atoms with E-state index < -0.39 is 0 Å². The molecule has 0 spiro atoms. The van der Waals surface area contributed by atoms with Gasteiger partial charge >= 0.3 is 0 Å². The van der Waals surface area contributed by atoms with E-state index in [0.29, 0.717) is 13.0 Å². The van der Waals surface area contributed by atoms with Crippen molar-refractivity contribution in [2.45, 2.75) is 33.1 Å². The van der Waals surface area contributed by atoms with E-state index in [1.54, 1.807) is 0 Å². The number of carbonyl (C=O) groups is 1. The molecule has 1 amide bonds. The Balaban J connectivity index is 2.33. The second kappa shape index (κ2) is 8.20. The van der Waals surface area contributed by atoms with Crippen LogP contribution in [0.15, 0.2) is 22.7 Å². The molecule has 0 heterocycles. The van der Waals surface area contributed by atoms with Gasteiger partial charge < -0.3 is 10.2 Å². The van der Waals surface area contributed by atoms with E-state index in [-0.39, 0.29) is 5.91 Å². The molecule has 3 nitrogen and oxygen atoms in total. The van der Waals surface area contributed by atoms with Gasteiger partial charge in [0.1, 0.15) is 0 Å². The Kier molecular flexibility index (Phi) is 6.92. The largest absolute Gasteiger partial charge is 0.385 e. The summed E-state index contributed by atoms with van der Waals surface area (Å²) in [7, 11) is 1.88. The van der Waals surface area contributed by atoms with E-state index in [1.807, 2.05) is 24.1 Å². The summed E-state index contributed by atoms with van der Waals surface area (Å²) in [6.45, 7) is 5.72. The van der Waals surface area contributed by atoms with Crippen LogP contribution in [0.2, 0.25) is 0 Å². The SMILES string of the molecule is CCCCN(C)C(=O)CCNc1ccc(Br)c(C)c1. The van der Waals surface area contributed by atoms with Gasteiger partial charge in [-0.05, 0) is 37.1 Å². The number of aryl methyl sites for hydroxylation is 1. The zero-order chi connectivity index (χ0) is 14.3. The standard InChI is InChI=1S/C15H23BrN2O/c1-4-5-10-18(3)15(19)8-9-17-13-6-7-14(16)12(2)11-13/h6-7,11,17H,4-5,8-10H2,1-3H3. The molecule has 0 radical (unpaired) electrons. The zero-order valence-electron chi connectivity index (χ0n) is 12.0. The highest BCUT2D eigenvalue weighted by Crippen LogP contribution is 2.19. The van der Waals surface area contributed by atoms with Crippen molar-refractivity contribution in [2.24, 2.45) is 0 Å². The summed E-state index contributed by atoms with van der Waals surface area (Å²) in [6.07, 6.45) is 2.73. The highest BCUT2D eigenvalue weighted by Gasteiger charge is 2.07.